The van der Waals surface area contributed by atoms with Crippen LogP contribution >= 0.6 is 0 Å². The molecule has 2 saturated heterocycles. The average molecular weight is 392 g/mol. The van der Waals surface area contributed by atoms with E-state index in [0.717, 1.165) is 39.0 Å². The van der Waals surface area contributed by atoms with Crippen LogP contribution in [0.15, 0.2) is 6.07 Å². The molecule has 1 aromatic heterocycles. The Balaban J connectivity index is 1.54. The molecule has 0 aromatic carbocycles. The molecule has 0 saturated carbocycles. The van der Waals surface area contributed by atoms with Gasteiger partial charge in [0.25, 0.3) is 0 Å². The Labute approximate surface area is 171 Å². The number of piperazine rings is 1. The van der Waals surface area contributed by atoms with E-state index >= 15 is 0 Å². The topological polar surface area (TPSA) is 58.6 Å². The second kappa shape index (κ2) is 10.2. The molecule has 0 amide bonds. The number of aliphatic hydroxyl groups excluding tert-OH is 1. The summed E-state index contributed by atoms with van der Waals surface area (Å²) < 4.78 is 0. The molecule has 0 radical (unpaired) electrons. The van der Waals surface area contributed by atoms with Gasteiger partial charge in [0.2, 0.25) is 0 Å². The van der Waals surface area contributed by atoms with E-state index < -0.39 is 0 Å². The van der Waals surface area contributed by atoms with Crippen molar-refractivity contribution in [1.29, 1.82) is 0 Å². The average Bonchev–Trinajstić information content (AvgIpc) is 3.08. The Morgan fingerprint density at radius 2 is 1.89 bits per heavy atom. The lowest BCUT2D eigenvalue weighted by molar-refractivity contribution is -0.000342. The van der Waals surface area contributed by atoms with Crippen LogP contribution in [0.5, 0.6) is 0 Å². The van der Waals surface area contributed by atoms with E-state index in [0.29, 0.717) is 24.0 Å². The van der Waals surface area contributed by atoms with E-state index in [1.165, 1.54) is 37.3 Å². The van der Waals surface area contributed by atoms with E-state index in [4.69, 9.17) is 0 Å². The molecule has 1 aromatic rings. The summed E-state index contributed by atoms with van der Waals surface area (Å²) >= 11 is 0. The second-order valence-corrected chi connectivity index (χ2v) is 9.48. The Hall–Kier alpha value is -0.950. The SMILES string of the molecule is CC(C)Cc1cc(CN2CCN(C3CCN(C(C)C)CC3)C(CCO)C2)[nH]n1. The molecule has 1 unspecified atom stereocenters. The number of piperidine rings is 1. The first kappa shape index (κ1) is 21.8. The van der Waals surface area contributed by atoms with E-state index in [9.17, 15) is 5.11 Å². The standard InChI is InChI=1S/C22H41N5O/c1-17(2)13-19-14-20(24-23-19)15-25-10-11-27(22(16-25)7-12-28)21-5-8-26(9-6-21)18(3)4/h14,17-18,21-22,28H,5-13,15-16H2,1-4H3,(H,23,24). The van der Waals surface area contributed by atoms with Crippen molar-refractivity contribution in [2.24, 2.45) is 5.92 Å². The van der Waals surface area contributed by atoms with E-state index in [1.807, 2.05) is 0 Å². The summed E-state index contributed by atoms with van der Waals surface area (Å²) in [7, 11) is 0. The van der Waals surface area contributed by atoms with Gasteiger partial charge in [-0.15, -0.1) is 0 Å². The molecular formula is C22H41N5O. The van der Waals surface area contributed by atoms with Crippen LogP contribution < -0.4 is 0 Å². The number of hydrogen-bond donors (Lipinski definition) is 2. The Bertz CT molecular complexity index is 579. The summed E-state index contributed by atoms with van der Waals surface area (Å²) in [6, 6.07) is 4.03. The normalized spacial score (nSPS) is 23.9. The zero-order valence-corrected chi connectivity index (χ0v) is 18.4. The number of nitrogens with zero attached hydrogens (tertiary/aromatic N) is 4. The van der Waals surface area contributed by atoms with Crippen molar-refractivity contribution >= 4 is 0 Å². The summed E-state index contributed by atoms with van der Waals surface area (Å²) in [5, 5.41) is 17.4. The molecule has 0 spiro atoms. The van der Waals surface area contributed by atoms with Crippen LogP contribution in [0.2, 0.25) is 0 Å². The molecule has 3 heterocycles. The van der Waals surface area contributed by atoms with Gasteiger partial charge < -0.3 is 10.0 Å². The zero-order valence-electron chi connectivity index (χ0n) is 18.4. The zero-order chi connectivity index (χ0) is 20.1. The van der Waals surface area contributed by atoms with Crippen LogP contribution in [0.1, 0.15) is 58.3 Å². The molecule has 28 heavy (non-hydrogen) atoms. The summed E-state index contributed by atoms with van der Waals surface area (Å²) in [5.41, 5.74) is 2.39. The van der Waals surface area contributed by atoms with Crippen molar-refractivity contribution in [3.63, 3.8) is 0 Å². The highest BCUT2D eigenvalue weighted by molar-refractivity contribution is 5.09. The summed E-state index contributed by atoms with van der Waals surface area (Å²) in [6.45, 7) is 16.0. The van der Waals surface area contributed by atoms with Crippen LogP contribution in [0.25, 0.3) is 0 Å². The van der Waals surface area contributed by atoms with Crippen LogP contribution in [0, 0.1) is 5.92 Å². The van der Waals surface area contributed by atoms with Gasteiger partial charge in [-0.05, 0) is 64.6 Å². The number of aliphatic hydroxyl groups is 1. The van der Waals surface area contributed by atoms with Crippen molar-refractivity contribution in [3.8, 4) is 0 Å². The van der Waals surface area contributed by atoms with E-state index in [-0.39, 0.29) is 6.61 Å². The maximum atomic E-state index is 9.64. The second-order valence-electron chi connectivity index (χ2n) is 9.48. The van der Waals surface area contributed by atoms with Gasteiger partial charge in [-0.25, -0.2) is 0 Å². The first-order chi connectivity index (χ1) is 13.5. The fraction of sp³-hybridized carbons (Fsp3) is 0.864. The van der Waals surface area contributed by atoms with E-state index in [1.54, 1.807) is 0 Å². The Kier molecular flexibility index (Phi) is 7.92. The molecule has 0 aliphatic carbocycles. The summed E-state index contributed by atoms with van der Waals surface area (Å²) in [4.78, 5) is 7.84. The van der Waals surface area contributed by atoms with Gasteiger partial charge in [-0.3, -0.25) is 14.9 Å². The smallest absolute Gasteiger partial charge is 0.0628 e. The van der Waals surface area contributed by atoms with Crippen LogP contribution in [0.3, 0.4) is 0 Å². The highest BCUT2D eigenvalue weighted by Gasteiger charge is 2.33. The third-order valence-electron chi connectivity index (χ3n) is 6.47. The molecule has 2 N–H and O–H groups in total. The summed E-state index contributed by atoms with van der Waals surface area (Å²) in [5.74, 6) is 0.635. The molecule has 1 atom stereocenters. The number of hydrogen-bond acceptors (Lipinski definition) is 5. The lowest BCUT2D eigenvalue weighted by Crippen LogP contribution is -2.58. The van der Waals surface area contributed by atoms with Crippen LogP contribution in [-0.4, -0.2) is 87.5 Å². The molecular weight excluding hydrogens is 350 g/mol. The maximum Gasteiger partial charge on any atom is 0.0628 e. The molecule has 2 fully saturated rings. The van der Waals surface area contributed by atoms with Crippen molar-refractivity contribution in [2.75, 3.05) is 39.3 Å². The van der Waals surface area contributed by atoms with Crippen LogP contribution in [-0.2, 0) is 13.0 Å². The fourth-order valence-corrected chi connectivity index (χ4v) is 4.95. The number of nitrogens with one attached hydrogen (secondary N) is 1. The predicted molar refractivity (Wildman–Crippen MR) is 114 cm³/mol. The fourth-order valence-electron chi connectivity index (χ4n) is 4.95. The highest BCUT2D eigenvalue weighted by atomic mass is 16.3. The number of rotatable bonds is 8. The molecule has 6 nitrogen and oxygen atoms in total. The summed E-state index contributed by atoms with van der Waals surface area (Å²) in [6.07, 6.45) is 4.44. The molecule has 160 valence electrons. The quantitative estimate of drug-likeness (QED) is 0.712. The number of aromatic amines is 1. The maximum absolute atomic E-state index is 9.64. The van der Waals surface area contributed by atoms with Crippen molar-refractivity contribution in [1.82, 2.24) is 24.9 Å². The highest BCUT2D eigenvalue weighted by Crippen LogP contribution is 2.25. The Morgan fingerprint density at radius 3 is 2.54 bits per heavy atom. The van der Waals surface area contributed by atoms with Gasteiger partial charge in [0.15, 0.2) is 0 Å². The van der Waals surface area contributed by atoms with Gasteiger partial charge in [0.05, 0.1) is 5.69 Å². The lowest BCUT2D eigenvalue weighted by Gasteiger charge is -2.48. The minimum Gasteiger partial charge on any atom is -0.396 e. The molecule has 2 aliphatic heterocycles. The Morgan fingerprint density at radius 1 is 1.14 bits per heavy atom. The first-order valence-electron chi connectivity index (χ1n) is 11.3. The predicted octanol–water partition coefficient (Wildman–Crippen LogP) is 2.35. The van der Waals surface area contributed by atoms with Gasteiger partial charge >= 0.3 is 0 Å². The van der Waals surface area contributed by atoms with Gasteiger partial charge in [-0.1, -0.05) is 13.8 Å². The number of aromatic nitrogens is 2. The molecule has 6 heteroatoms. The molecule has 2 aliphatic rings. The largest absolute Gasteiger partial charge is 0.396 e. The van der Waals surface area contributed by atoms with Crippen molar-refractivity contribution in [3.05, 3.63) is 17.5 Å². The van der Waals surface area contributed by atoms with Crippen molar-refractivity contribution < 1.29 is 5.11 Å². The van der Waals surface area contributed by atoms with Gasteiger partial charge in [0.1, 0.15) is 0 Å². The first-order valence-corrected chi connectivity index (χ1v) is 11.3. The van der Waals surface area contributed by atoms with Gasteiger partial charge in [0, 0.05) is 56.6 Å². The van der Waals surface area contributed by atoms with E-state index in [2.05, 4.69) is 58.7 Å². The monoisotopic (exact) mass is 391 g/mol. The molecule has 0 bridgehead atoms. The third-order valence-corrected chi connectivity index (χ3v) is 6.47. The van der Waals surface area contributed by atoms with Gasteiger partial charge in [-0.2, -0.15) is 5.10 Å². The number of likely N-dealkylation sites (tertiary alicyclic amines) is 1. The van der Waals surface area contributed by atoms with Crippen LogP contribution in [0.4, 0.5) is 0 Å². The van der Waals surface area contributed by atoms with Crippen molar-refractivity contribution in [2.45, 2.75) is 78.0 Å². The number of H-pyrrole nitrogens is 1. The minimum absolute atomic E-state index is 0.280. The minimum atomic E-state index is 0.280. The lowest BCUT2D eigenvalue weighted by atomic mass is 9.97. The molecule has 3 rings (SSSR count). The third kappa shape index (κ3) is 5.78.